The average Bonchev–Trinajstić information content (AvgIpc) is 2.73. The average molecular weight is 209 g/mol. The topological polar surface area (TPSA) is 48.0 Å². The molecule has 0 aliphatic carbocycles. The second-order valence-corrected chi connectivity index (χ2v) is 3.09. The van der Waals surface area contributed by atoms with E-state index in [-0.39, 0.29) is 6.79 Å². The van der Waals surface area contributed by atoms with Gasteiger partial charge in [-0.1, -0.05) is 0 Å². The zero-order chi connectivity index (χ0) is 10.8. The van der Waals surface area contributed by atoms with Gasteiger partial charge < -0.3 is 19.1 Å². The summed E-state index contributed by atoms with van der Waals surface area (Å²) in [5, 5.41) is 0. The maximum Gasteiger partial charge on any atom is 0.231 e. The summed E-state index contributed by atoms with van der Waals surface area (Å²) in [7, 11) is 3.19. The highest BCUT2D eigenvalue weighted by Gasteiger charge is 2.19. The Morgan fingerprint density at radius 2 is 2.07 bits per heavy atom. The van der Waals surface area contributed by atoms with E-state index < -0.39 is 0 Å². The molecule has 80 valence electrons. The number of fused-ring (bicyclic) bond motifs is 1. The molecule has 0 atom stereocenters. The van der Waals surface area contributed by atoms with E-state index in [0.717, 1.165) is 0 Å². The molecule has 1 aliphatic heterocycles. The summed E-state index contributed by atoms with van der Waals surface area (Å²) in [5.74, 6) is 1.84. The van der Waals surface area contributed by atoms with Crippen LogP contribution in [0.25, 0.3) is 0 Å². The monoisotopic (exact) mass is 209 g/mol. The number of nitrogens with zero attached hydrogens (tertiary/aromatic N) is 1. The number of hydrogen-bond acceptors (Lipinski definition) is 4. The Bertz CT molecular complexity index is 391. The van der Waals surface area contributed by atoms with E-state index in [1.165, 1.54) is 4.90 Å². The Morgan fingerprint density at radius 1 is 1.40 bits per heavy atom. The van der Waals surface area contributed by atoms with Crippen LogP contribution in [0.4, 0.5) is 5.69 Å². The number of rotatable bonds is 3. The van der Waals surface area contributed by atoms with Gasteiger partial charge in [-0.05, 0) is 0 Å². The van der Waals surface area contributed by atoms with Gasteiger partial charge in [0.25, 0.3) is 0 Å². The number of benzene rings is 1. The molecule has 2 rings (SSSR count). The maximum absolute atomic E-state index is 10.7. The van der Waals surface area contributed by atoms with E-state index in [2.05, 4.69) is 0 Å². The fraction of sp³-hybridized carbons (Fsp3) is 0.300. The van der Waals surface area contributed by atoms with Gasteiger partial charge in [0.2, 0.25) is 13.2 Å². The second-order valence-electron chi connectivity index (χ2n) is 3.09. The Morgan fingerprint density at radius 3 is 2.67 bits per heavy atom. The van der Waals surface area contributed by atoms with Gasteiger partial charge in [0, 0.05) is 19.2 Å². The number of anilines is 1. The summed E-state index contributed by atoms with van der Waals surface area (Å²) in [6.07, 6.45) is 0.708. The van der Waals surface area contributed by atoms with E-state index >= 15 is 0 Å². The molecule has 5 nitrogen and oxygen atoms in total. The molecule has 0 bridgehead atoms. The second kappa shape index (κ2) is 3.68. The predicted octanol–water partition coefficient (Wildman–Crippen LogP) is 1.02. The Kier molecular flexibility index (Phi) is 2.37. The molecule has 1 aromatic carbocycles. The normalized spacial score (nSPS) is 12.4. The number of carbonyl (C=O) groups excluding carboxylic acids is 1. The lowest BCUT2D eigenvalue weighted by atomic mass is 10.2. The van der Waals surface area contributed by atoms with Crippen LogP contribution in [0.15, 0.2) is 12.1 Å². The molecule has 0 fully saturated rings. The van der Waals surface area contributed by atoms with Crippen LogP contribution in [-0.2, 0) is 4.79 Å². The molecule has 15 heavy (non-hydrogen) atoms. The van der Waals surface area contributed by atoms with Gasteiger partial charge in [0.1, 0.15) is 5.75 Å². The van der Waals surface area contributed by atoms with Crippen molar-refractivity contribution >= 4 is 12.1 Å². The van der Waals surface area contributed by atoms with Gasteiger partial charge in [-0.25, -0.2) is 0 Å². The lowest BCUT2D eigenvalue weighted by Gasteiger charge is -2.15. The molecule has 0 aromatic heterocycles. The van der Waals surface area contributed by atoms with Crippen LogP contribution in [0.2, 0.25) is 0 Å². The fourth-order valence-electron chi connectivity index (χ4n) is 1.41. The minimum absolute atomic E-state index is 0.201. The van der Waals surface area contributed by atoms with Gasteiger partial charge in [-0.15, -0.1) is 0 Å². The van der Waals surface area contributed by atoms with Crippen molar-refractivity contribution in [2.45, 2.75) is 0 Å². The minimum atomic E-state index is 0.201. The van der Waals surface area contributed by atoms with Crippen LogP contribution in [0, 0.1) is 0 Å². The molecule has 1 amide bonds. The van der Waals surface area contributed by atoms with Crippen LogP contribution < -0.4 is 19.1 Å². The zero-order valence-corrected chi connectivity index (χ0v) is 8.52. The number of ether oxygens (including phenoxy) is 3. The molecule has 1 aromatic rings. The van der Waals surface area contributed by atoms with Crippen LogP contribution >= 0.6 is 0 Å². The molecule has 1 heterocycles. The summed E-state index contributed by atoms with van der Waals surface area (Å²) in [6.45, 7) is 0.201. The molecule has 1 aliphatic rings. The molecule has 0 N–H and O–H groups in total. The van der Waals surface area contributed by atoms with Gasteiger partial charge in [0.05, 0.1) is 12.8 Å². The molecular weight excluding hydrogens is 198 g/mol. The first-order chi connectivity index (χ1) is 7.26. The zero-order valence-electron chi connectivity index (χ0n) is 8.52. The van der Waals surface area contributed by atoms with Crippen molar-refractivity contribution in [3.8, 4) is 17.2 Å². The summed E-state index contributed by atoms with van der Waals surface area (Å²) in [5.41, 5.74) is 0.650. The maximum atomic E-state index is 10.7. The van der Waals surface area contributed by atoms with Crippen molar-refractivity contribution in [2.75, 3.05) is 25.9 Å². The lowest BCUT2D eigenvalue weighted by molar-refractivity contribution is -0.107. The number of methoxy groups -OCH3 is 1. The molecule has 0 radical (unpaired) electrons. The summed E-state index contributed by atoms with van der Waals surface area (Å²) in [6, 6.07) is 3.42. The van der Waals surface area contributed by atoms with Gasteiger partial charge >= 0.3 is 0 Å². The molecule has 0 saturated heterocycles. The Labute approximate surface area is 87.1 Å². The van der Waals surface area contributed by atoms with Crippen LogP contribution in [-0.4, -0.2) is 27.4 Å². The third-order valence-electron chi connectivity index (χ3n) is 2.21. The lowest BCUT2D eigenvalue weighted by Crippen LogP contribution is -2.14. The molecule has 0 spiro atoms. The summed E-state index contributed by atoms with van der Waals surface area (Å²) >= 11 is 0. The summed E-state index contributed by atoms with van der Waals surface area (Å²) in [4.78, 5) is 12.1. The minimum Gasteiger partial charge on any atom is -0.494 e. The van der Waals surface area contributed by atoms with E-state index in [1.54, 1.807) is 26.3 Å². The Balaban J connectivity index is 2.48. The first-order valence-electron chi connectivity index (χ1n) is 4.42. The van der Waals surface area contributed by atoms with E-state index in [9.17, 15) is 4.79 Å². The third-order valence-corrected chi connectivity index (χ3v) is 2.21. The van der Waals surface area contributed by atoms with Crippen molar-refractivity contribution < 1.29 is 19.0 Å². The molecule has 0 saturated carbocycles. The highest BCUT2D eigenvalue weighted by molar-refractivity contribution is 5.80. The fourth-order valence-corrected chi connectivity index (χ4v) is 1.41. The van der Waals surface area contributed by atoms with Gasteiger partial charge in [0.15, 0.2) is 11.5 Å². The van der Waals surface area contributed by atoms with Crippen LogP contribution in [0.1, 0.15) is 0 Å². The SMILES string of the molecule is COc1cc2c(cc1N(C)C=O)OCO2. The number of amides is 1. The standard InChI is InChI=1S/C10H11NO4/c1-11(5-12)7-3-9-10(15-6-14-9)4-8(7)13-2/h3-5H,6H2,1-2H3. The third kappa shape index (κ3) is 1.56. The van der Waals surface area contributed by atoms with Crippen molar-refractivity contribution in [1.29, 1.82) is 0 Å². The Hall–Kier alpha value is -1.91. The first-order valence-corrected chi connectivity index (χ1v) is 4.42. The van der Waals surface area contributed by atoms with Gasteiger partial charge in [-0.3, -0.25) is 4.79 Å². The van der Waals surface area contributed by atoms with Crippen molar-refractivity contribution in [3.05, 3.63) is 12.1 Å². The molecule has 0 unspecified atom stereocenters. The predicted molar refractivity (Wildman–Crippen MR) is 53.6 cm³/mol. The highest BCUT2D eigenvalue weighted by atomic mass is 16.7. The molecular formula is C10H11NO4. The smallest absolute Gasteiger partial charge is 0.231 e. The van der Waals surface area contributed by atoms with Crippen molar-refractivity contribution in [2.24, 2.45) is 0 Å². The summed E-state index contributed by atoms with van der Waals surface area (Å²) < 4.78 is 15.6. The quantitative estimate of drug-likeness (QED) is 0.697. The number of hydrogen-bond donors (Lipinski definition) is 0. The van der Waals surface area contributed by atoms with E-state index in [0.29, 0.717) is 29.3 Å². The van der Waals surface area contributed by atoms with Crippen molar-refractivity contribution in [3.63, 3.8) is 0 Å². The number of carbonyl (C=O) groups is 1. The molecule has 5 heteroatoms. The highest BCUT2D eigenvalue weighted by Crippen LogP contribution is 2.41. The van der Waals surface area contributed by atoms with Crippen molar-refractivity contribution in [1.82, 2.24) is 0 Å². The van der Waals surface area contributed by atoms with Crippen LogP contribution in [0.3, 0.4) is 0 Å². The van der Waals surface area contributed by atoms with E-state index in [4.69, 9.17) is 14.2 Å². The largest absolute Gasteiger partial charge is 0.494 e. The van der Waals surface area contributed by atoms with Crippen LogP contribution in [0.5, 0.6) is 17.2 Å². The first kappa shape index (κ1) is 9.64. The van der Waals surface area contributed by atoms with E-state index in [1.807, 2.05) is 0 Å². The van der Waals surface area contributed by atoms with Gasteiger partial charge in [-0.2, -0.15) is 0 Å².